The number of hydrogen-bond acceptors (Lipinski definition) is 4. The first-order valence-corrected chi connectivity index (χ1v) is 10.3. The lowest BCUT2D eigenvalue weighted by Crippen LogP contribution is -3.13. The van der Waals surface area contributed by atoms with Crippen LogP contribution in [-0.2, 0) is 16.6 Å². The van der Waals surface area contributed by atoms with E-state index >= 15 is 0 Å². The topological polar surface area (TPSA) is 67.8 Å². The summed E-state index contributed by atoms with van der Waals surface area (Å²) in [5, 5.41) is 0.258. The Kier molecular flexibility index (Phi) is 4.71. The van der Waals surface area contributed by atoms with Crippen LogP contribution in [0.5, 0.6) is 0 Å². The van der Waals surface area contributed by atoms with E-state index in [1.54, 1.807) is 24.3 Å². The summed E-state index contributed by atoms with van der Waals surface area (Å²) in [6.07, 6.45) is 0. The van der Waals surface area contributed by atoms with Gasteiger partial charge in [-0.25, -0.2) is 13.4 Å². The third-order valence-corrected chi connectivity index (χ3v) is 7.02. The molecule has 2 heterocycles. The molecule has 0 atom stereocenters. The van der Waals surface area contributed by atoms with E-state index in [9.17, 15) is 8.42 Å². The smallest absolute Gasteiger partial charge is 0.251 e. The number of benzene rings is 2. The zero-order valence-electron chi connectivity index (χ0n) is 14.1. The van der Waals surface area contributed by atoms with Gasteiger partial charge in [0, 0.05) is 0 Å². The van der Waals surface area contributed by atoms with E-state index < -0.39 is 10.0 Å². The SMILES string of the molecule is O=S(=O)(c1ccccc1Cl)N1CC[NH+](Cc2nc3ccccc3o2)CC1. The Bertz CT molecular complexity index is 994. The molecule has 0 amide bonds. The number of para-hydroxylation sites is 2. The van der Waals surface area contributed by atoms with E-state index in [-0.39, 0.29) is 9.92 Å². The molecule has 4 rings (SSSR count). The lowest BCUT2D eigenvalue weighted by atomic mass is 10.3. The molecule has 0 bridgehead atoms. The molecule has 1 saturated heterocycles. The molecule has 1 N–H and O–H groups in total. The molecule has 1 aliphatic heterocycles. The van der Waals surface area contributed by atoms with E-state index in [1.807, 2.05) is 24.3 Å². The Hall–Kier alpha value is -1.93. The summed E-state index contributed by atoms with van der Waals surface area (Å²) in [6.45, 7) is 2.94. The van der Waals surface area contributed by atoms with Crippen LogP contribution < -0.4 is 4.90 Å². The van der Waals surface area contributed by atoms with Gasteiger partial charge in [0.2, 0.25) is 10.0 Å². The Labute approximate surface area is 157 Å². The average Bonchev–Trinajstić information content (AvgIpc) is 3.04. The number of halogens is 1. The summed E-state index contributed by atoms with van der Waals surface area (Å²) >= 11 is 6.07. The van der Waals surface area contributed by atoms with Crippen molar-refractivity contribution < 1.29 is 17.7 Å². The van der Waals surface area contributed by atoms with E-state index in [2.05, 4.69) is 4.98 Å². The predicted octanol–water partition coefficient (Wildman–Crippen LogP) is 1.57. The summed E-state index contributed by atoms with van der Waals surface area (Å²) in [6, 6.07) is 14.2. The van der Waals surface area contributed by atoms with Crippen LogP contribution >= 0.6 is 11.6 Å². The molecule has 0 unspecified atom stereocenters. The van der Waals surface area contributed by atoms with Crippen LogP contribution in [0.25, 0.3) is 11.1 Å². The lowest BCUT2D eigenvalue weighted by molar-refractivity contribution is -0.918. The van der Waals surface area contributed by atoms with Gasteiger partial charge in [-0.2, -0.15) is 4.31 Å². The van der Waals surface area contributed by atoms with Gasteiger partial charge in [0.1, 0.15) is 10.4 Å². The maximum absolute atomic E-state index is 12.8. The number of fused-ring (bicyclic) bond motifs is 1. The highest BCUT2D eigenvalue weighted by atomic mass is 35.5. The highest BCUT2D eigenvalue weighted by Crippen LogP contribution is 2.24. The van der Waals surface area contributed by atoms with Crippen LogP contribution in [0.4, 0.5) is 0 Å². The Morgan fingerprint density at radius 2 is 1.77 bits per heavy atom. The van der Waals surface area contributed by atoms with Gasteiger partial charge in [-0.1, -0.05) is 35.9 Å². The fourth-order valence-electron chi connectivity index (χ4n) is 3.22. The van der Waals surface area contributed by atoms with Crippen molar-refractivity contribution in [3.05, 3.63) is 59.4 Å². The maximum Gasteiger partial charge on any atom is 0.251 e. The number of sulfonamides is 1. The molecule has 1 fully saturated rings. The highest BCUT2D eigenvalue weighted by Gasteiger charge is 2.32. The molecule has 1 aromatic heterocycles. The quantitative estimate of drug-likeness (QED) is 0.731. The fraction of sp³-hybridized carbons (Fsp3) is 0.278. The van der Waals surface area contributed by atoms with Gasteiger partial charge >= 0.3 is 0 Å². The fourth-order valence-corrected chi connectivity index (χ4v) is 5.16. The first-order valence-electron chi connectivity index (χ1n) is 8.47. The number of nitrogens with one attached hydrogen (secondary N) is 1. The van der Waals surface area contributed by atoms with Crippen LogP contribution in [0, 0.1) is 0 Å². The van der Waals surface area contributed by atoms with Crippen LogP contribution in [-0.4, -0.2) is 43.9 Å². The summed E-state index contributed by atoms with van der Waals surface area (Å²) in [4.78, 5) is 5.92. The van der Waals surface area contributed by atoms with Crippen molar-refractivity contribution in [1.29, 1.82) is 0 Å². The molecule has 2 aromatic carbocycles. The largest absolute Gasteiger partial charge is 0.435 e. The van der Waals surface area contributed by atoms with Crippen LogP contribution in [0.15, 0.2) is 57.8 Å². The second kappa shape index (κ2) is 7.00. The maximum atomic E-state index is 12.8. The number of nitrogens with zero attached hydrogens (tertiary/aromatic N) is 2. The normalized spacial score (nSPS) is 17.0. The Morgan fingerprint density at radius 3 is 2.50 bits per heavy atom. The van der Waals surface area contributed by atoms with Gasteiger partial charge in [-0.3, -0.25) is 0 Å². The molecule has 1 aliphatic rings. The number of quaternary nitrogens is 1. The number of piperazine rings is 1. The molecule has 0 radical (unpaired) electrons. The zero-order valence-corrected chi connectivity index (χ0v) is 15.6. The number of oxazole rings is 1. The molecule has 136 valence electrons. The van der Waals surface area contributed by atoms with Crippen LogP contribution in [0.1, 0.15) is 5.89 Å². The van der Waals surface area contributed by atoms with Crippen molar-refractivity contribution in [2.45, 2.75) is 11.4 Å². The molecule has 6 nitrogen and oxygen atoms in total. The van der Waals surface area contributed by atoms with Gasteiger partial charge in [0.15, 0.2) is 12.1 Å². The third-order valence-electron chi connectivity index (χ3n) is 4.62. The van der Waals surface area contributed by atoms with E-state index in [0.29, 0.717) is 38.6 Å². The molecule has 26 heavy (non-hydrogen) atoms. The minimum absolute atomic E-state index is 0.170. The summed E-state index contributed by atoms with van der Waals surface area (Å²) < 4.78 is 32.9. The van der Waals surface area contributed by atoms with Gasteiger partial charge in [-0.05, 0) is 24.3 Å². The first-order chi connectivity index (χ1) is 12.5. The van der Waals surface area contributed by atoms with Crippen molar-refractivity contribution in [1.82, 2.24) is 9.29 Å². The molecular formula is C18H19ClN3O3S+. The van der Waals surface area contributed by atoms with E-state index in [4.69, 9.17) is 16.0 Å². The number of hydrogen-bond donors (Lipinski definition) is 1. The molecule has 3 aromatic rings. The predicted molar refractivity (Wildman–Crippen MR) is 98.6 cm³/mol. The second-order valence-electron chi connectivity index (χ2n) is 6.34. The van der Waals surface area contributed by atoms with E-state index in [0.717, 1.165) is 11.1 Å². The van der Waals surface area contributed by atoms with Crippen molar-refractivity contribution in [2.75, 3.05) is 26.2 Å². The molecular weight excluding hydrogens is 374 g/mol. The second-order valence-corrected chi connectivity index (χ2v) is 8.65. The van der Waals surface area contributed by atoms with Crippen LogP contribution in [0.3, 0.4) is 0 Å². The van der Waals surface area contributed by atoms with Crippen molar-refractivity contribution >= 4 is 32.7 Å². The minimum Gasteiger partial charge on any atom is -0.435 e. The van der Waals surface area contributed by atoms with Gasteiger partial charge in [0.25, 0.3) is 5.89 Å². The zero-order chi connectivity index (χ0) is 18.1. The Balaban J connectivity index is 1.43. The lowest BCUT2D eigenvalue weighted by Gasteiger charge is -2.31. The molecule has 0 saturated carbocycles. The highest BCUT2D eigenvalue weighted by molar-refractivity contribution is 7.89. The van der Waals surface area contributed by atoms with Gasteiger partial charge in [0.05, 0.1) is 31.2 Å². The van der Waals surface area contributed by atoms with Crippen LogP contribution in [0.2, 0.25) is 5.02 Å². The average molecular weight is 393 g/mol. The molecule has 0 aliphatic carbocycles. The molecule has 8 heteroatoms. The standard InChI is InChI=1S/C18H18ClN3O3S/c19-14-5-1-4-8-17(14)26(23,24)22-11-9-21(10-12-22)13-18-20-15-6-2-3-7-16(15)25-18/h1-8H,9-13H2/p+1. The summed E-state index contributed by atoms with van der Waals surface area (Å²) in [7, 11) is -3.56. The van der Waals surface area contributed by atoms with Gasteiger partial charge in [-0.15, -0.1) is 0 Å². The first kappa shape index (κ1) is 17.5. The van der Waals surface area contributed by atoms with E-state index in [1.165, 1.54) is 9.21 Å². The number of rotatable bonds is 4. The summed E-state index contributed by atoms with van der Waals surface area (Å²) in [5.74, 6) is 0.684. The van der Waals surface area contributed by atoms with Gasteiger partial charge < -0.3 is 9.32 Å². The minimum atomic E-state index is -3.56. The number of aromatic nitrogens is 1. The van der Waals surface area contributed by atoms with Crippen molar-refractivity contribution in [3.8, 4) is 0 Å². The Morgan fingerprint density at radius 1 is 1.08 bits per heavy atom. The molecule has 0 spiro atoms. The monoisotopic (exact) mass is 392 g/mol. The van der Waals surface area contributed by atoms with Crippen molar-refractivity contribution in [3.63, 3.8) is 0 Å². The summed E-state index contributed by atoms with van der Waals surface area (Å²) in [5.41, 5.74) is 1.63. The van der Waals surface area contributed by atoms with Crippen molar-refractivity contribution in [2.24, 2.45) is 0 Å². The third kappa shape index (κ3) is 3.35.